The normalized spacial score (nSPS) is 14.0. The number of aromatic nitrogens is 3. The molecule has 0 aliphatic carbocycles. The summed E-state index contributed by atoms with van der Waals surface area (Å²) in [6.07, 6.45) is 5.79. The molecule has 0 spiro atoms. The first-order valence-corrected chi connectivity index (χ1v) is 15.8. The molecule has 0 unspecified atom stereocenters. The average Bonchev–Trinajstić information content (AvgIpc) is 3.11. The standard InChI is InChI=1S/C38H38N6O/c1-2-6-30(7-3-1)31-12-10-28(11-13-31)25-41-38-34-15-14-32(24-37(34)42-27-43-38)45-26-29-17-21-44(22-18-29)23-20-40-36-16-19-39-35-9-5-4-8-33(35)36/h1-16,19,24,27,29H,17-18,20-23,25-26H2,(H,39,40)(H,41,42,43). The summed E-state index contributed by atoms with van der Waals surface area (Å²) in [7, 11) is 0. The van der Waals surface area contributed by atoms with Crippen LogP contribution in [0, 0.1) is 5.92 Å². The van der Waals surface area contributed by atoms with Gasteiger partial charge in [0.25, 0.3) is 0 Å². The van der Waals surface area contributed by atoms with Gasteiger partial charge >= 0.3 is 0 Å². The lowest BCUT2D eigenvalue weighted by atomic mass is 9.98. The van der Waals surface area contributed by atoms with Gasteiger partial charge in [-0.05, 0) is 72.8 Å². The highest BCUT2D eigenvalue weighted by atomic mass is 16.5. The van der Waals surface area contributed by atoms with Gasteiger partial charge in [0.15, 0.2) is 0 Å². The van der Waals surface area contributed by atoms with Crippen molar-refractivity contribution in [3.05, 3.63) is 121 Å². The van der Waals surface area contributed by atoms with Gasteiger partial charge in [0.1, 0.15) is 17.9 Å². The number of hydrogen-bond donors (Lipinski definition) is 2. The Bertz CT molecular complexity index is 1850. The summed E-state index contributed by atoms with van der Waals surface area (Å²) >= 11 is 0. The van der Waals surface area contributed by atoms with E-state index in [4.69, 9.17) is 4.74 Å². The van der Waals surface area contributed by atoms with Crippen LogP contribution in [0.1, 0.15) is 18.4 Å². The Balaban J connectivity index is 0.873. The average molecular weight is 595 g/mol. The van der Waals surface area contributed by atoms with Crippen molar-refractivity contribution >= 4 is 33.3 Å². The molecule has 0 atom stereocenters. The summed E-state index contributed by atoms with van der Waals surface area (Å²) in [5.41, 5.74) is 6.70. The van der Waals surface area contributed by atoms with Crippen LogP contribution in [0.3, 0.4) is 0 Å². The van der Waals surface area contributed by atoms with Crippen LogP contribution in [0.2, 0.25) is 0 Å². The monoisotopic (exact) mass is 594 g/mol. The molecular formula is C38H38N6O. The highest BCUT2D eigenvalue weighted by molar-refractivity contribution is 5.91. The predicted molar refractivity (Wildman–Crippen MR) is 184 cm³/mol. The second-order valence-electron chi connectivity index (χ2n) is 11.7. The molecule has 7 heteroatoms. The molecule has 6 aromatic rings. The van der Waals surface area contributed by atoms with Crippen molar-refractivity contribution in [1.82, 2.24) is 19.9 Å². The van der Waals surface area contributed by atoms with Gasteiger partial charge in [-0.2, -0.15) is 0 Å². The number of hydrogen-bond acceptors (Lipinski definition) is 7. The molecule has 2 aromatic heterocycles. The van der Waals surface area contributed by atoms with E-state index in [-0.39, 0.29) is 0 Å². The van der Waals surface area contributed by atoms with E-state index in [1.807, 2.05) is 30.5 Å². The first-order chi connectivity index (χ1) is 22.3. The fourth-order valence-corrected chi connectivity index (χ4v) is 6.09. The van der Waals surface area contributed by atoms with Crippen molar-refractivity contribution in [2.24, 2.45) is 5.92 Å². The van der Waals surface area contributed by atoms with E-state index >= 15 is 0 Å². The Kier molecular flexibility index (Phi) is 8.78. The maximum Gasteiger partial charge on any atom is 0.137 e. The minimum absolute atomic E-state index is 0.560. The lowest BCUT2D eigenvalue weighted by Gasteiger charge is -2.32. The van der Waals surface area contributed by atoms with E-state index in [2.05, 4.69) is 109 Å². The summed E-state index contributed by atoms with van der Waals surface area (Å²) in [5.74, 6) is 2.25. The fraction of sp³-hybridized carbons (Fsp3) is 0.237. The molecule has 1 aliphatic heterocycles. The van der Waals surface area contributed by atoms with Crippen molar-refractivity contribution < 1.29 is 4.74 Å². The van der Waals surface area contributed by atoms with Gasteiger partial charge in [-0.1, -0.05) is 72.8 Å². The molecule has 4 aromatic carbocycles. The van der Waals surface area contributed by atoms with Crippen LogP contribution in [0.25, 0.3) is 32.9 Å². The second kappa shape index (κ2) is 13.7. The largest absolute Gasteiger partial charge is 0.493 e. The predicted octanol–water partition coefficient (Wildman–Crippen LogP) is 7.66. The SMILES string of the molecule is c1ccc(-c2ccc(CNc3ncnc4cc(OCC5CCN(CCNc6ccnc7ccccc67)CC5)ccc34)cc2)cc1. The smallest absolute Gasteiger partial charge is 0.137 e. The molecule has 7 nitrogen and oxygen atoms in total. The van der Waals surface area contributed by atoms with Gasteiger partial charge in [-0.25, -0.2) is 9.97 Å². The van der Waals surface area contributed by atoms with Crippen LogP contribution in [0.15, 0.2) is 116 Å². The highest BCUT2D eigenvalue weighted by Gasteiger charge is 2.20. The number of para-hydroxylation sites is 1. The molecule has 1 fully saturated rings. The molecule has 7 rings (SSSR count). The van der Waals surface area contributed by atoms with Crippen molar-refractivity contribution in [2.45, 2.75) is 19.4 Å². The summed E-state index contributed by atoms with van der Waals surface area (Å²) in [4.78, 5) is 16.1. The lowest BCUT2D eigenvalue weighted by Crippen LogP contribution is -2.38. The van der Waals surface area contributed by atoms with E-state index in [1.165, 1.54) is 22.1 Å². The maximum absolute atomic E-state index is 6.27. The molecule has 0 amide bonds. The number of fused-ring (bicyclic) bond motifs is 2. The third-order valence-corrected chi connectivity index (χ3v) is 8.71. The van der Waals surface area contributed by atoms with Crippen LogP contribution in [0.4, 0.5) is 11.5 Å². The number of rotatable bonds is 11. The summed E-state index contributed by atoms with van der Waals surface area (Å²) in [6.45, 7) is 5.57. The Morgan fingerprint density at radius 2 is 1.51 bits per heavy atom. The van der Waals surface area contributed by atoms with Crippen molar-refractivity contribution in [1.29, 1.82) is 0 Å². The summed E-state index contributed by atoms with van der Waals surface area (Å²) in [5, 5.41) is 9.28. The molecule has 2 N–H and O–H groups in total. The topological polar surface area (TPSA) is 75.2 Å². The van der Waals surface area contributed by atoms with E-state index in [0.717, 1.165) is 79.3 Å². The highest BCUT2D eigenvalue weighted by Crippen LogP contribution is 2.27. The van der Waals surface area contributed by atoms with Gasteiger partial charge in [-0.15, -0.1) is 0 Å². The van der Waals surface area contributed by atoms with Crippen molar-refractivity contribution in [3.8, 4) is 16.9 Å². The first-order valence-electron chi connectivity index (χ1n) is 15.8. The Labute approximate surface area is 264 Å². The number of anilines is 2. The minimum atomic E-state index is 0.560. The van der Waals surface area contributed by atoms with Gasteiger partial charge in [0.05, 0.1) is 17.6 Å². The van der Waals surface area contributed by atoms with E-state index in [1.54, 1.807) is 6.33 Å². The zero-order valence-electron chi connectivity index (χ0n) is 25.4. The third kappa shape index (κ3) is 7.05. The number of nitrogens with zero attached hydrogens (tertiary/aromatic N) is 4. The first kappa shape index (κ1) is 28.7. The molecule has 1 aliphatic rings. The molecule has 226 valence electrons. The summed E-state index contributed by atoms with van der Waals surface area (Å²) in [6, 6.07) is 35.6. The van der Waals surface area contributed by atoms with Gasteiger partial charge in [0.2, 0.25) is 0 Å². The molecule has 0 saturated carbocycles. The number of piperidine rings is 1. The Morgan fingerprint density at radius 1 is 0.711 bits per heavy atom. The third-order valence-electron chi connectivity index (χ3n) is 8.71. The number of nitrogens with one attached hydrogen (secondary N) is 2. The van der Waals surface area contributed by atoms with Crippen LogP contribution < -0.4 is 15.4 Å². The zero-order valence-corrected chi connectivity index (χ0v) is 25.4. The number of benzene rings is 4. The fourth-order valence-electron chi connectivity index (χ4n) is 6.09. The van der Waals surface area contributed by atoms with Crippen molar-refractivity contribution in [2.75, 3.05) is 43.4 Å². The van der Waals surface area contributed by atoms with Crippen LogP contribution in [-0.4, -0.2) is 52.6 Å². The quantitative estimate of drug-likeness (QED) is 0.160. The van der Waals surface area contributed by atoms with E-state index < -0.39 is 0 Å². The van der Waals surface area contributed by atoms with Crippen LogP contribution >= 0.6 is 0 Å². The van der Waals surface area contributed by atoms with Crippen LogP contribution in [-0.2, 0) is 6.54 Å². The maximum atomic E-state index is 6.27. The molecule has 0 radical (unpaired) electrons. The number of pyridine rings is 1. The van der Waals surface area contributed by atoms with Crippen LogP contribution in [0.5, 0.6) is 5.75 Å². The molecule has 1 saturated heterocycles. The number of ether oxygens (including phenoxy) is 1. The Hall–Kier alpha value is -5.01. The molecule has 3 heterocycles. The van der Waals surface area contributed by atoms with Crippen molar-refractivity contribution in [3.63, 3.8) is 0 Å². The summed E-state index contributed by atoms with van der Waals surface area (Å²) < 4.78 is 6.27. The van der Waals surface area contributed by atoms with E-state index in [0.29, 0.717) is 12.5 Å². The van der Waals surface area contributed by atoms with Gasteiger partial charge < -0.3 is 20.3 Å². The lowest BCUT2D eigenvalue weighted by molar-refractivity contribution is 0.145. The molecule has 45 heavy (non-hydrogen) atoms. The van der Waals surface area contributed by atoms with Gasteiger partial charge in [-0.3, -0.25) is 4.98 Å². The number of likely N-dealkylation sites (tertiary alicyclic amines) is 1. The second-order valence-corrected chi connectivity index (χ2v) is 11.7. The molecule has 0 bridgehead atoms. The Morgan fingerprint density at radius 3 is 2.38 bits per heavy atom. The minimum Gasteiger partial charge on any atom is -0.493 e. The zero-order chi connectivity index (χ0) is 30.3. The van der Waals surface area contributed by atoms with Gasteiger partial charge in [0, 0.05) is 48.4 Å². The van der Waals surface area contributed by atoms with E-state index in [9.17, 15) is 0 Å². The molecular weight excluding hydrogens is 556 g/mol.